The first-order valence-corrected chi connectivity index (χ1v) is 16.1. The van der Waals surface area contributed by atoms with Crippen LogP contribution in [0.1, 0.15) is 86.7 Å². The lowest BCUT2D eigenvalue weighted by atomic mass is 9.72. The Labute approximate surface area is 262 Å². The van der Waals surface area contributed by atoms with E-state index >= 15 is 0 Å². The standard InChI is InChI=1S/C36H50N2O6/c1-3-16-38(17-4-2)23-25-9-7-5-6-8-10-27(12-11-25)29-13-14-32(41)36-30(29)20-26(21-34(36)43)19-28(15-18-39)31(24-40)33(42)22-35(37)44/h5-8,11-14,26,28,31,39-41H,3-4,9-10,15-24H2,1-2H3,(H2,37,44)/b7-5-,8-6-,25-11+,27-12+. The van der Waals surface area contributed by atoms with Crippen molar-refractivity contribution in [3.05, 3.63) is 70.9 Å². The predicted molar refractivity (Wildman–Crippen MR) is 174 cm³/mol. The molecule has 1 aromatic carbocycles. The van der Waals surface area contributed by atoms with Gasteiger partial charge in [0.05, 0.1) is 18.6 Å². The van der Waals surface area contributed by atoms with Gasteiger partial charge >= 0.3 is 0 Å². The molecule has 0 radical (unpaired) electrons. The van der Waals surface area contributed by atoms with Crippen LogP contribution in [0.4, 0.5) is 0 Å². The molecule has 3 unspecified atom stereocenters. The van der Waals surface area contributed by atoms with Gasteiger partial charge in [0.15, 0.2) is 5.78 Å². The van der Waals surface area contributed by atoms with Gasteiger partial charge in [0.2, 0.25) is 5.91 Å². The van der Waals surface area contributed by atoms with Crippen molar-refractivity contribution < 1.29 is 29.7 Å². The van der Waals surface area contributed by atoms with E-state index < -0.39 is 36.6 Å². The molecule has 2 aliphatic carbocycles. The molecule has 1 aromatic rings. The Hall–Kier alpha value is -3.33. The van der Waals surface area contributed by atoms with E-state index in [-0.39, 0.29) is 36.9 Å². The van der Waals surface area contributed by atoms with E-state index in [1.54, 1.807) is 6.07 Å². The maximum absolute atomic E-state index is 13.5. The summed E-state index contributed by atoms with van der Waals surface area (Å²) >= 11 is 0. The van der Waals surface area contributed by atoms with Crippen molar-refractivity contribution >= 4 is 23.0 Å². The number of ketones is 2. The highest BCUT2D eigenvalue weighted by Crippen LogP contribution is 2.40. The van der Waals surface area contributed by atoms with Crippen molar-refractivity contribution in [1.82, 2.24) is 4.90 Å². The Morgan fingerprint density at radius 1 is 1.02 bits per heavy atom. The Bertz CT molecular complexity index is 1270. The number of fused-ring (bicyclic) bond motifs is 1. The Kier molecular flexibility index (Phi) is 14.2. The van der Waals surface area contributed by atoms with Gasteiger partial charge in [0.1, 0.15) is 11.5 Å². The molecule has 1 amide bonds. The van der Waals surface area contributed by atoms with Crippen molar-refractivity contribution in [2.45, 2.75) is 71.6 Å². The van der Waals surface area contributed by atoms with Gasteiger partial charge in [-0.3, -0.25) is 19.3 Å². The molecule has 8 nitrogen and oxygen atoms in total. The zero-order valence-corrected chi connectivity index (χ0v) is 26.3. The van der Waals surface area contributed by atoms with Crippen molar-refractivity contribution in [3.63, 3.8) is 0 Å². The molecule has 0 saturated heterocycles. The number of aromatic hydroxyl groups is 1. The van der Waals surface area contributed by atoms with Crippen LogP contribution in [0.5, 0.6) is 5.75 Å². The summed E-state index contributed by atoms with van der Waals surface area (Å²) in [7, 11) is 0. The second kappa shape index (κ2) is 17.8. The molecule has 240 valence electrons. The first-order valence-electron chi connectivity index (χ1n) is 16.1. The number of Topliss-reactive ketones (excluding diaryl/α,β-unsaturated/α-hetero) is 2. The maximum atomic E-state index is 13.5. The van der Waals surface area contributed by atoms with E-state index in [0.29, 0.717) is 24.8 Å². The van der Waals surface area contributed by atoms with E-state index in [2.05, 4.69) is 49.1 Å². The number of phenolic OH excluding ortho intramolecular Hbond substituents is 1. The van der Waals surface area contributed by atoms with Gasteiger partial charge < -0.3 is 21.1 Å². The molecule has 2 aliphatic rings. The smallest absolute Gasteiger partial charge is 0.224 e. The highest BCUT2D eigenvalue weighted by molar-refractivity contribution is 6.02. The number of nitrogens with zero attached hydrogens (tertiary/aromatic N) is 1. The molecule has 0 heterocycles. The number of primary amides is 1. The molecule has 44 heavy (non-hydrogen) atoms. The summed E-state index contributed by atoms with van der Waals surface area (Å²) in [5, 5.41) is 30.6. The summed E-state index contributed by atoms with van der Waals surface area (Å²) in [4.78, 5) is 40.1. The van der Waals surface area contributed by atoms with Crippen LogP contribution >= 0.6 is 0 Å². The minimum absolute atomic E-state index is 0.0334. The molecular weight excluding hydrogens is 556 g/mol. The number of carbonyl (C=O) groups excluding carboxylic acids is 3. The number of hydrogen-bond donors (Lipinski definition) is 4. The molecule has 0 aromatic heterocycles. The summed E-state index contributed by atoms with van der Waals surface area (Å²) < 4.78 is 0. The second-order valence-corrected chi connectivity index (χ2v) is 12.1. The number of aliphatic hydroxyl groups excluding tert-OH is 2. The van der Waals surface area contributed by atoms with Gasteiger partial charge in [-0.1, -0.05) is 61.9 Å². The van der Waals surface area contributed by atoms with Gasteiger partial charge in [-0.2, -0.15) is 0 Å². The molecule has 0 aliphatic heterocycles. The van der Waals surface area contributed by atoms with Gasteiger partial charge in [0.25, 0.3) is 0 Å². The average molecular weight is 607 g/mol. The highest BCUT2D eigenvalue weighted by atomic mass is 16.3. The van der Waals surface area contributed by atoms with Crippen LogP contribution in [0.3, 0.4) is 0 Å². The van der Waals surface area contributed by atoms with E-state index in [4.69, 9.17) is 5.73 Å². The molecule has 0 bridgehead atoms. The summed E-state index contributed by atoms with van der Waals surface area (Å²) in [5.41, 5.74) is 9.65. The minimum atomic E-state index is -0.850. The third-order valence-corrected chi connectivity index (χ3v) is 8.67. The molecule has 0 fully saturated rings. The third-order valence-electron chi connectivity index (χ3n) is 8.67. The number of hydrogen-bond acceptors (Lipinski definition) is 7. The Balaban J connectivity index is 1.97. The van der Waals surface area contributed by atoms with Crippen molar-refractivity contribution in [1.29, 1.82) is 0 Å². The first kappa shape index (κ1) is 35.2. The number of allylic oxidation sites excluding steroid dienone is 7. The summed E-state index contributed by atoms with van der Waals surface area (Å²) in [6, 6.07) is 3.49. The average Bonchev–Trinajstić information content (AvgIpc) is 2.97. The fourth-order valence-electron chi connectivity index (χ4n) is 6.68. The van der Waals surface area contributed by atoms with E-state index in [0.717, 1.165) is 55.6 Å². The van der Waals surface area contributed by atoms with Crippen LogP contribution in [-0.2, 0) is 16.0 Å². The molecule has 8 heteroatoms. The normalized spacial score (nSPS) is 22.2. The van der Waals surface area contributed by atoms with E-state index in [9.17, 15) is 29.7 Å². The lowest BCUT2D eigenvalue weighted by Gasteiger charge is -2.32. The quantitative estimate of drug-likeness (QED) is 0.196. The fourth-order valence-corrected chi connectivity index (χ4v) is 6.68. The molecule has 0 saturated carbocycles. The second-order valence-electron chi connectivity index (χ2n) is 12.1. The molecule has 3 atom stereocenters. The zero-order chi connectivity index (χ0) is 32.1. The summed E-state index contributed by atoms with van der Waals surface area (Å²) in [5.74, 6) is -2.84. The lowest BCUT2D eigenvalue weighted by Crippen LogP contribution is -2.33. The SMILES string of the molecule is CCCN(CCC)C/C1=C/C=C(/c2ccc(O)c3c2CC(CC(CCO)C(CO)C(=O)CC(N)=O)CC3=O)C/C=C\C=C/C1. The summed E-state index contributed by atoms with van der Waals surface area (Å²) in [6.45, 7) is 6.72. The summed E-state index contributed by atoms with van der Waals surface area (Å²) in [6.07, 6.45) is 17.3. The highest BCUT2D eigenvalue weighted by Gasteiger charge is 2.35. The maximum Gasteiger partial charge on any atom is 0.224 e. The van der Waals surface area contributed by atoms with E-state index in [1.807, 2.05) is 12.1 Å². The minimum Gasteiger partial charge on any atom is -0.507 e. The molecule has 0 spiro atoms. The number of phenols is 1. The third kappa shape index (κ3) is 9.84. The largest absolute Gasteiger partial charge is 0.507 e. The van der Waals surface area contributed by atoms with Gasteiger partial charge in [-0.25, -0.2) is 0 Å². The molecular formula is C36H50N2O6. The number of nitrogens with two attached hydrogens (primary N) is 1. The first-order chi connectivity index (χ1) is 21.2. The topological polar surface area (TPSA) is 141 Å². The van der Waals surface area contributed by atoms with Crippen LogP contribution in [0.2, 0.25) is 0 Å². The lowest BCUT2D eigenvalue weighted by molar-refractivity contribution is -0.131. The van der Waals surface area contributed by atoms with Crippen LogP contribution in [0.25, 0.3) is 5.57 Å². The number of amides is 1. The zero-order valence-electron chi connectivity index (χ0n) is 26.3. The number of rotatable bonds is 16. The van der Waals surface area contributed by atoms with Gasteiger partial charge in [0, 0.05) is 25.5 Å². The van der Waals surface area contributed by atoms with Crippen molar-refractivity contribution in [2.75, 3.05) is 32.8 Å². The van der Waals surface area contributed by atoms with Crippen LogP contribution in [0.15, 0.2) is 54.2 Å². The molecule has 3 rings (SSSR count). The van der Waals surface area contributed by atoms with Crippen molar-refractivity contribution in [3.8, 4) is 5.75 Å². The fraction of sp³-hybridized carbons (Fsp3) is 0.528. The van der Waals surface area contributed by atoms with Crippen LogP contribution in [-0.4, -0.2) is 70.5 Å². The number of aliphatic hydroxyl groups is 2. The predicted octanol–water partition coefficient (Wildman–Crippen LogP) is 4.92. The Morgan fingerprint density at radius 2 is 1.73 bits per heavy atom. The number of benzene rings is 1. The van der Waals surface area contributed by atoms with Crippen LogP contribution < -0.4 is 5.73 Å². The Morgan fingerprint density at radius 3 is 2.36 bits per heavy atom. The number of carbonyl (C=O) groups is 3. The van der Waals surface area contributed by atoms with Crippen molar-refractivity contribution in [2.24, 2.45) is 23.5 Å². The monoisotopic (exact) mass is 606 g/mol. The molecule has 5 N–H and O–H groups in total. The van der Waals surface area contributed by atoms with E-state index in [1.165, 1.54) is 5.57 Å². The van der Waals surface area contributed by atoms with Gasteiger partial charge in [-0.05, 0) is 92.6 Å². The van der Waals surface area contributed by atoms with Gasteiger partial charge in [-0.15, -0.1) is 0 Å². The van der Waals surface area contributed by atoms with Crippen LogP contribution in [0, 0.1) is 17.8 Å².